The molecule has 1 aliphatic rings. The number of rotatable bonds is 6. The van der Waals surface area contributed by atoms with Crippen molar-refractivity contribution in [3.63, 3.8) is 0 Å². The fourth-order valence-corrected chi connectivity index (χ4v) is 2.26. The molecular formula is C18H17NO5. The Balaban J connectivity index is 1.44. The molecule has 2 aromatic carbocycles. The zero-order valence-electron chi connectivity index (χ0n) is 13.0. The fourth-order valence-electron chi connectivity index (χ4n) is 2.26. The highest BCUT2D eigenvalue weighted by Crippen LogP contribution is 2.31. The van der Waals surface area contributed by atoms with Crippen LogP contribution in [0.25, 0.3) is 0 Å². The van der Waals surface area contributed by atoms with Gasteiger partial charge in [0.15, 0.2) is 13.2 Å². The first-order valence-corrected chi connectivity index (χ1v) is 7.60. The summed E-state index contributed by atoms with van der Waals surface area (Å²) in [5, 5.41) is 2.68. The Bertz CT molecular complexity index is 729. The van der Waals surface area contributed by atoms with Crippen LogP contribution in [0.15, 0.2) is 48.5 Å². The summed E-state index contributed by atoms with van der Waals surface area (Å²) < 4.78 is 15.8. The van der Waals surface area contributed by atoms with Crippen molar-refractivity contribution in [2.75, 3.05) is 25.1 Å². The Labute approximate surface area is 139 Å². The van der Waals surface area contributed by atoms with Gasteiger partial charge in [0.25, 0.3) is 5.91 Å². The Morgan fingerprint density at radius 2 is 2.00 bits per heavy atom. The largest absolute Gasteiger partial charge is 0.482 e. The number of benzene rings is 2. The second-order valence-electron chi connectivity index (χ2n) is 5.24. The minimum absolute atomic E-state index is 0.000937. The Hall–Kier alpha value is -3.02. The average molecular weight is 327 g/mol. The predicted molar refractivity (Wildman–Crippen MR) is 87.2 cm³/mol. The molecule has 0 unspecified atom stereocenters. The summed E-state index contributed by atoms with van der Waals surface area (Å²) in [5.41, 5.74) is 1.64. The van der Waals surface area contributed by atoms with Crippen molar-refractivity contribution in [2.24, 2.45) is 0 Å². The van der Waals surface area contributed by atoms with Crippen molar-refractivity contribution in [1.82, 2.24) is 0 Å². The van der Waals surface area contributed by atoms with Crippen LogP contribution in [0, 0.1) is 0 Å². The Morgan fingerprint density at radius 3 is 2.83 bits per heavy atom. The molecule has 2 aromatic rings. The van der Waals surface area contributed by atoms with E-state index in [0.717, 1.165) is 5.56 Å². The Morgan fingerprint density at radius 1 is 1.17 bits per heavy atom. The number of amides is 1. The van der Waals surface area contributed by atoms with Crippen molar-refractivity contribution >= 4 is 17.6 Å². The van der Waals surface area contributed by atoms with E-state index in [4.69, 9.17) is 14.2 Å². The summed E-state index contributed by atoms with van der Waals surface area (Å²) in [6.07, 6.45) is 0.662. The van der Waals surface area contributed by atoms with Crippen molar-refractivity contribution in [2.45, 2.75) is 6.42 Å². The molecule has 0 bridgehead atoms. The van der Waals surface area contributed by atoms with E-state index in [1.54, 1.807) is 18.2 Å². The summed E-state index contributed by atoms with van der Waals surface area (Å²) >= 11 is 0. The van der Waals surface area contributed by atoms with Gasteiger partial charge in [0.1, 0.15) is 11.5 Å². The molecule has 0 saturated heterocycles. The summed E-state index contributed by atoms with van der Waals surface area (Å²) in [7, 11) is 0. The molecule has 124 valence electrons. The summed E-state index contributed by atoms with van der Waals surface area (Å²) in [6, 6.07) is 14.8. The highest BCUT2D eigenvalue weighted by molar-refractivity contribution is 5.95. The topological polar surface area (TPSA) is 73.9 Å². The van der Waals surface area contributed by atoms with Crippen molar-refractivity contribution in [1.29, 1.82) is 0 Å². The molecular weight excluding hydrogens is 310 g/mol. The van der Waals surface area contributed by atoms with Gasteiger partial charge in [-0.2, -0.15) is 0 Å². The molecule has 0 spiro atoms. The van der Waals surface area contributed by atoms with Crippen molar-refractivity contribution in [3.05, 3.63) is 54.1 Å². The molecule has 1 aliphatic heterocycles. The predicted octanol–water partition coefficient (Wildman–Crippen LogP) is 2.18. The number of nitrogens with one attached hydrogen (secondary N) is 1. The average Bonchev–Trinajstić information content (AvgIpc) is 2.60. The third kappa shape index (κ3) is 4.25. The second-order valence-corrected chi connectivity index (χ2v) is 5.24. The lowest BCUT2D eigenvalue weighted by Crippen LogP contribution is -2.25. The van der Waals surface area contributed by atoms with Gasteiger partial charge in [-0.1, -0.05) is 30.3 Å². The zero-order chi connectivity index (χ0) is 16.8. The van der Waals surface area contributed by atoms with Crippen LogP contribution >= 0.6 is 0 Å². The normalized spacial score (nSPS) is 12.6. The summed E-state index contributed by atoms with van der Waals surface area (Å²) in [6.45, 7) is 0.115. The van der Waals surface area contributed by atoms with Crippen LogP contribution in [-0.4, -0.2) is 31.7 Å². The van der Waals surface area contributed by atoms with Crippen molar-refractivity contribution < 1.29 is 23.8 Å². The molecule has 1 heterocycles. The molecule has 6 heteroatoms. The van der Waals surface area contributed by atoms with Crippen LogP contribution in [-0.2, 0) is 20.7 Å². The van der Waals surface area contributed by atoms with Crippen LogP contribution in [0.3, 0.4) is 0 Å². The van der Waals surface area contributed by atoms with E-state index in [1.807, 2.05) is 30.3 Å². The van der Waals surface area contributed by atoms with Gasteiger partial charge in [-0.15, -0.1) is 0 Å². The number of esters is 1. The zero-order valence-corrected chi connectivity index (χ0v) is 13.0. The first-order valence-electron chi connectivity index (χ1n) is 7.60. The quantitative estimate of drug-likeness (QED) is 0.823. The van der Waals surface area contributed by atoms with Gasteiger partial charge in [-0.3, -0.25) is 4.79 Å². The molecule has 24 heavy (non-hydrogen) atoms. The molecule has 1 amide bonds. The maximum atomic E-state index is 11.7. The SMILES string of the molecule is O=C1COc2ccc(OCC(=O)OCCc3ccccc3)cc2N1. The number of anilines is 1. The summed E-state index contributed by atoms with van der Waals surface area (Å²) in [5.74, 6) is 0.371. The minimum atomic E-state index is -0.441. The van der Waals surface area contributed by atoms with Crippen LogP contribution < -0.4 is 14.8 Å². The van der Waals surface area contributed by atoms with Gasteiger partial charge in [0, 0.05) is 12.5 Å². The molecule has 0 aromatic heterocycles. The Kier molecular flexibility index (Phi) is 4.96. The van der Waals surface area contributed by atoms with Gasteiger partial charge >= 0.3 is 5.97 Å². The lowest BCUT2D eigenvalue weighted by molar-refractivity contribution is -0.145. The third-order valence-corrected chi connectivity index (χ3v) is 3.44. The maximum absolute atomic E-state index is 11.7. The molecule has 6 nitrogen and oxygen atoms in total. The van der Waals surface area contributed by atoms with Crippen LogP contribution in [0.4, 0.5) is 5.69 Å². The maximum Gasteiger partial charge on any atom is 0.344 e. The highest BCUT2D eigenvalue weighted by Gasteiger charge is 2.16. The first-order chi connectivity index (χ1) is 11.7. The van der Waals surface area contributed by atoms with Gasteiger partial charge < -0.3 is 19.5 Å². The van der Waals surface area contributed by atoms with Crippen molar-refractivity contribution in [3.8, 4) is 11.5 Å². The van der Waals surface area contributed by atoms with E-state index in [1.165, 1.54) is 0 Å². The number of hydrogen-bond donors (Lipinski definition) is 1. The van der Waals surface area contributed by atoms with E-state index in [-0.39, 0.29) is 19.1 Å². The number of hydrogen-bond acceptors (Lipinski definition) is 5. The number of ether oxygens (including phenoxy) is 3. The van der Waals surface area contributed by atoms with Gasteiger partial charge in [0.05, 0.1) is 12.3 Å². The molecule has 0 radical (unpaired) electrons. The van der Waals surface area contributed by atoms with Crippen LogP contribution in [0.5, 0.6) is 11.5 Å². The molecule has 3 rings (SSSR count). The smallest absolute Gasteiger partial charge is 0.344 e. The molecule has 0 saturated carbocycles. The van der Waals surface area contributed by atoms with Gasteiger partial charge in [-0.05, 0) is 17.7 Å². The molecule has 0 aliphatic carbocycles. The summed E-state index contributed by atoms with van der Waals surface area (Å²) in [4.78, 5) is 23.0. The molecule has 0 atom stereocenters. The standard InChI is InChI=1S/C18H17NO5/c20-17-11-24-16-7-6-14(10-15(16)19-17)23-12-18(21)22-9-8-13-4-2-1-3-5-13/h1-7,10H,8-9,11-12H2,(H,19,20). The third-order valence-electron chi connectivity index (χ3n) is 3.44. The second kappa shape index (κ2) is 7.50. The number of carbonyl (C=O) groups is 2. The monoisotopic (exact) mass is 327 g/mol. The van der Waals surface area contributed by atoms with Gasteiger partial charge in [-0.25, -0.2) is 4.79 Å². The number of carbonyl (C=O) groups excluding carboxylic acids is 2. The van der Waals surface area contributed by atoms with Crippen LogP contribution in [0.1, 0.15) is 5.56 Å². The minimum Gasteiger partial charge on any atom is -0.482 e. The van der Waals surface area contributed by atoms with E-state index in [2.05, 4.69) is 5.32 Å². The van der Waals surface area contributed by atoms with Crippen LogP contribution in [0.2, 0.25) is 0 Å². The van der Waals surface area contributed by atoms with Gasteiger partial charge in [0.2, 0.25) is 0 Å². The first kappa shape index (κ1) is 15.9. The lowest BCUT2D eigenvalue weighted by Gasteiger charge is -2.18. The van der Waals surface area contributed by atoms with E-state index < -0.39 is 5.97 Å². The fraction of sp³-hybridized carbons (Fsp3) is 0.222. The van der Waals surface area contributed by atoms with E-state index >= 15 is 0 Å². The lowest BCUT2D eigenvalue weighted by atomic mass is 10.2. The highest BCUT2D eigenvalue weighted by atomic mass is 16.6. The molecule has 1 N–H and O–H groups in total. The number of fused-ring (bicyclic) bond motifs is 1. The molecule has 0 fully saturated rings. The van der Waals surface area contributed by atoms with E-state index in [0.29, 0.717) is 30.2 Å². The van der Waals surface area contributed by atoms with E-state index in [9.17, 15) is 9.59 Å².